The van der Waals surface area contributed by atoms with Gasteiger partial charge >= 0.3 is 5.97 Å². The number of carboxylic acids is 1. The Morgan fingerprint density at radius 3 is 2.48 bits per heavy atom. The zero-order chi connectivity index (χ0) is 15.4. The molecular formula is C16H15N2O3-. The van der Waals surface area contributed by atoms with Gasteiger partial charge in [0.05, 0.1) is 17.0 Å². The van der Waals surface area contributed by atoms with Crippen LogP contribution < -0.4 is 10.5 Å². The molecule has 2 aromatic rings. The highest BCUT2D eigenvalue weighted by molar-refractivity contribution is 6.01. The second-order valence-electron chi connectivity index (χ2n) is 4.69. The van der Waals surface area contributed by atoms with Crippen molar-refractivity contribution in [1.29, 1.82) is 0 Å². The van der Waals surface area contributed by atoms with Crippen LogP contribution in [-0.4, -0.2) is 16.8 Å². The van der Waals surface area contributed by atoms with Crippen LogP contribution in [0.3, 0.4) is 0 Å². The molecule has 0 unspecified atom stereocenters. The van der Waals surface area contributed by atoms with Crippen LogP contribution in [0.5, 0.6) is 5.75 Å². The molecule has 0 saturated heterocycles. The lowest BCUT2D eigenvalue weighted by molar-refractivity contribution is -0.268. The molecule has 0 aliphatic rings. The number of carbonyl (C=O) groups is 1. The molecule has 0 spiro atoms. The molecule has 0 aliphatic heterocycles. The van der Waals surface area contributed by atoms with Crippen LogP contribution in [0.25, 0.3) is 0 Å². The van der Waals surface area contributed by atoms with E-state index in [1.165, 1.54) is 18.2 Å². The second-order valence-corrected chi connectivity index (χ2v) is 4.69. The zero-order valence-corrected chi connectivity index (χ0v) is 11.8. The number of hydrogen-bond donors (Lipinski definition) is 2. The van der Waals surface area contributed by atoms with Crippen molar-refractivity contribution in [2.24, 2.45) is 5.10 Å². The lowest BCUT2D eigenvalue weighted by Crippen LogP contribution is -2.05. The third-order valence-electron chi connectivity index (χ3n) is 3.01. The first-order valence-corrected chi connectivity index (χ1v) is 6.39. The molecule has 0 amide bonds. The number of carboxylic acid groups (broad SMARTS) is 1. The van der Waals surface area contributed by atoms with E-state index in [0.717, 1.165) is 5.56 Å². The van der Waals surface area contributed by atoms with E-state index >= 15 is 0 Å². The van der Waals surface area contributed by atoms with Gasteiger partial charge in [0.1, 0.15) is 0 Å². The van der Waals surface area contributed by atoms with Gasteiger partial charge in [-0.2, -0.15) is 5.10 Å². The molecule has 0 heterocycles. The normalized spacial score (nSPS) is 11.2. The number of benzene rings is 2. The molecule has 108 valence electrons. The van der Waals surface area contributed by atoms with Crippen LogP contribution in [0.2, 0.25) is 0 Å². The van der Waals surface area contributed by atoms with Gasteiger partial charge in [-0.25, -0.2) is 4.79 Å². The molecule has 0 aliphatic carbocycles. The number of hydrogen-bond acceptors (Lipinski definition) is 4. The largest absolute Gasteiger partial charge is 0.872 e. The number of aryl methyl sites for hydroxylation is 1. The maximum absolute atomic E-state index is 11.8. The van der Waals surface area contributed by atoms with Gasteiger partial charge in [0, 0.05) is 0 Å². The Bertz CT molecular complexity index is 691. The summed E-state index contributed by atoms with van der Waals surface area (Å²) in [7, 11) is 0. The van der Waals surface area contributed by atoms with Gasteiger partial charge in [-0.15, -0.1) is 0 Å². The quantitative estimate of drug-likeness (QED) is 0.667. The van der Waals surface area contributed by atoms with Crippen molar-refractivity contribution < 1.29 is 15.0 Å². The van der Waals surface area contributed by atoms with Gasteiger partial charge in [0.2, 0.25) is 0 Å². The van der Waals surface area contributed by atoms with Crippen molar-refractivity contribution in [3.8, 4) is 5.75 Å². The zero-order valence-electron chi connectivity index (χ0n) is 11.8. The number of nitrogens with one attached hydrogen (secondary N) is 1. The van der Waals surface area contributed by atoms with Crippen LogP contribution in [0, 0.1) is 6.92 Å². The fraction of sp³-hybridized carbons (Fsp3) is 0.125. The topological polar surface area (TPSA) is 84.8 Å². The molecule has 21 heavy (non-hydrogen) atoms. The van der Waals surface area contributed by atoms with Gasteiger partial charge in [-0.3, -0.25) is 5.43 Å². The summed E-state index contributed by atoms with van der Waals surface area (Å²) in [5.74, 6) is -1.05. The average Bonchev–Trinajstić information content (AvgIpc) is 2.47. The summed E-state index contributed by atoms with van der Waals surface area (Å²) in [6.07, 6.45) is 0. The van der Waals surface area contributed by atoms with Crippen molar-refractivity contribution in [3.63, 3.8) is 0 Å². The molecule has 0 bridgehead atoms. The number of aromatic carboxylic acids is 1. The first-order chi connectivity index (χ1) is 9.97. The summed E-state index contributed by atoms with van der Waals surface area (Å²) in [4.78, 5) is 10.8. The van der Waals surface area contributed by atoms with Crippen LogP contribution in [0.4, 0.5) is 5.69 Å². The third-order valence-corrected chi connectivity index (χ3v) is 3.01. The molecule has 2 rings (SSSR count). The van der Waals surface area contributed by atoms with E-state index in [-0.39, 0.29) is 11.3 Å². The van der Waals surface area contributed by atoms with Gasteiger partial charge < -0.3 is 10.2 Å². The Morgan fingerprint density at radius 1 is 1.19 bits per heavy atom. The van der Waals surface area contributed by atoms with E-state index in [2.05, 4.69) is 10.5 Å². The smallest absolute Gasteiger partial charge is 0.335 e. The Kier molecular flexibility index (Phi) is 4.23. The molecule has 2 N–H and O–H groups in total. The van der Waals surface area contributed by atoms with E-state index in [9.17, 15) is 9.90 Å². The molecule has 0 saturated carbocycles. The summed E-state index contributed by atoms with van der Waals surface area (Å²) in [6.45, 7) is 3.66. The molecule has 5 nitrogen and oxygen atoms in total. The van der Waals surface area contributed by atoms with E-state index < -0.39 is 5.97 Å². The minimum Gasteiger partial charge on any atom is -0.872 e. The van der Waals surface area contributed by atoms with Crippen LogP contribution >= 0.6 is 0 Å². The monoisotopic (exact) mass is 283 g/mol. The van der Waals surface area contributed by atoms with Gasteiger partial charge in [-0.05, 0) is 43.7 Å². The van der Waals surface area contributed by atoms with Gasteiger partial charge in [0.15, 0.2) is 0 Å². The van der Waals surface area contributed by atoms with E-state index in [1.54, 1.807) is 31.2 Å². The maximum Gasteiger partial charge on any atom is 0.335 e. The van der Waals surface area contributed by atoms with E-state index in [0.29, 0.717) is 17.0 Å². The molecule has 0 radical (unpaired) electrons. The number of hydrazone groups is 1. The minimum atomic E-state index is -0.975. The lowest BCUT2D eigenvalue weighted by atomic mass is 10.1. The highest BCUT2D eigenvalue weighted by Gasteiger charge is 2.02. The van der Waals surface area contributed by atoms with Crippen molar-refractivity contribution in [2.45, 2.75) is 13.8 Å². The Labute approximate surface area is 122 Å². The van der Waals surface area contributed by atoms with Crippen molar-refractivity contribution >= 4 is 17.4 Å². The molecular weight excluding hydrogens is 268 g/mol. The average molecular weight is 283 g/mol. The first kappa shape index (κ1) is 14.6. The summed E-state index contributed by atoms with van der Waals surface area (Å²) in [5.41, 5.74) is 5.79. The summed E-state index contributed by atoms with van der Waals surface area (Å²) >= 11 is 0. The maximum atomic E-state index is 11.8. The van der Waals surface area contributed by atoms with E-state index in [1.807, 2.05) is 6.92 Å². The van der Waals surface area contributed by atoms with Crippen LogP contribution in [0.1, 0.15) is 28.4 Å². The SMILES string of the molecule is C/C(=N\Nc1ccc(C(=O)O)cc1)c1cc(C)ccc1[O-]. The fourth-order valence-corrected chi connectivity index (χ4v) is 1.82. The first-order valence-electron chi connectivity index (χ1n) is 6.39. The molecule has 5 heteroatoms. The van der Waals surface area contributed by atoms with Gasteiger partial charge in [-0.1, -0.05) is 29.5 Å². The Hall–Kier alpha value is -2.82. The highest BCUT2D eigenvalue weighted by atomic mass is 16.4. The third kappa shape index (κ3) is 3.60. The van der Waals surface area contributed by atoms with Crippen LogP contribution in [0.15, 0.2) is 47.6 Å². The van der Waals surface area contributed by atoms with Crippen molar-refractivity contribution in [2.75, 3.05) is 5.43 Å². The summed E-state index contributed by atoms with van der Waals surface area (Å²) in [6, 6.07) is 11.3. The standard InChI is InChI=1S/C16H16N2O3/c1-10-3-8-15(19)14(9-10)11(2)17-18-13-6-4-12(5-7-13)16(20)21/h3-9,18-19H,1-2H3,(H,20,21)/p-1/b17-11+. The summed E-state index contributed by atoms with van der Waals surface area (Å²) < 4.78 is 0. The fourth-order valence-electron chi connectivity index (χ4n) is 1.82. The molecule has 0 aromatic heterocycles. The predicted molar refractivity (Wildman–Crippen MR) is 79.9 cm³/mol. The number of rotatable bonds is 4. The van der Waals surface area contributed by atoms with E-state index in [4.69, 9.17) is 5.11 Å². The van der Waals surface area contributed by atoms with Crippen molar-refractivity contribution in [1.82, 2.24) is 0 Å². The lowest BCUT2D eigenvalue weighted by Gasteiger charge is -2.14. The Balaban J connectivity index is 2.16. The molecule has 0 atom stereocenters. The molecule has 2 aromatic carbocycles. The minimum absolute atomic E-state index is 0.0788. The number of nitrogens with zero attached hydrogens (tertiary/aromatic N) is 1. The predicted octanol–water partition coefficient (Wildman–Crippen LogP) is 2.60. The number of anilines is 1. The highest BCUT2D eigenvalue weighted by Crippen LogP contribution is 2.17. The Morgan fingerprint density at radius 2 is 1.86 bits per heavy atom. The van der Waals surface area contributed by atoms with Crippen LogP contribution in [-0.2, 0) is 0 Å². The van der Waals surface area contributed by atoms with Crippen molar-refractivity contribution in [3.05, 3.63) is 59.2 Å². The van der Waals surface area contributed by atoms with Gasteiger partial charge in [0.25, 0.3) is 0 Å². The summed E-state index contributed by atoms with van der Waals surface area (Å²) in [5, 5.41) is 24.7. The molecule has 0 fully saturated rings. The second kappa shape index (κ2) is 6.09.